The number of anilines is 1. The van der Waals surface area contributed by atoms with Gasteiger partial charge >= 0.3 is 6.03 Å². The number of hydrogen-bond acceptors (Lipinski definition) is 4. The van der Waals surface area contributed by atoms with Crippen molar-refractivity contribution in [2.24, 2.45) is 11.3 Å². The summed E-state index contributed by atoms with van der Waals surface area (Å²) in [5.74, 6) is 0.307. The maximum absolute atomic E-state index is 15.0. The Bertz CT molecular complexity index is 1620. The first kappa shape index (κ1) is 24.1. The summed E-state index contributed by atoms with van der Waals surface area (Å²) in [5, 5.41) is 19.2. The molecule has 2 saturated carbocycles. The molecule has 9 rings (SSSR count). The van der Waals surface area contributed by atoms with Crippen LogP contribution in [0.3, 0.4) is 0 Å². The zero-order valence-corrected chi connectivity index (χ0v) is 22.1. The molecule has 3 N–H and O–H groups in total. The van der Waals surface area contributed by atoms with Gasteiger partial charge in [-0.1, -0.05) is 42.5 Å². The number of benzene rings is 3. The van der Waals surface area contributed by atoms with Gasteiger partial charge in [-0.3, -0.25) is 5.43 Å². The second kappa shape index (κ2) is 8.88. The average molecular weight is 538 g/mol. The summed E-state index contributed by atoms with van der Waals surface area (Å²) in [6, 6.07) is 19.1. The lowest BCUT2D eigenvalue weighted by atomic mass is 9.53. The van der Waals surface area contributed by atoms with Crippen LogP contribution in [0.25, 0.3) is 22.0 Å². The first-order valence-electron chi connectivity index (χ1n) is 14.3. The molecule has 2 saturated heterocycles. The van der Waals surface area contributed by atoms with Gasteiger partial charge in [0.15, 0.2) is 0 Å². The number of amides is 2. The molecule has 40 heavy (non-hydrogen) atoms. The van der Waals surface area contributed by atoms with E-state index in [1.165, 1.54) is 6.07 Å². The van der Waals surface area contributed by atoms with Crippen LogP contribution < -0.4 is 10.7 Å². The number of aliphatic hydroxyl groups excluding tert-OH is 1. The maximum atomic E-state index is 15.0. The van der Waals surface area contributed by atoms with Crippen LogP contribution in [0.5, 0.6) is 0 Å². The van der Waals surface area contributed by atoms with Crippen LogP contribution in [0.15, 0.2) is 73.2 Å². The van der Waals surface area contributed by atoms with Crippen molar-refractivity contribution >= 4 is 22.5 Å². The molecule has 4 unspecified atom stereocenters. The van der Waals surface area contributed by atoms with Crippen molar-refractivity contribution in [3.8, 4) is 11.3 Å². The summed E-state index contributed by atoms with van der Waals surface area (Å²) in [5.41, 5.74) is 6.13. The molecule has 0 radical (unpaired) electrons. The van der Waals surface area contributed by atoms with Gasteiger partial charge in [0, 0.05) is 28.9 Å². The van der Waals surface area contributed by atoms with Crippen molar-refractivity contribution in [2.75, 3.05) is 5.32 Å². The first-order valence-corrected chi connectivity index (χ1v) is 14.3. The molecule has 3 aliphatic heterocycles. The van der Waals surface area contributed by atoms with Crippen LogP contribution in [0.1, 0.15) is 50.1 Å². The van der Waals surface area contributed by atoms with Gasteiger partial charge in [-0.05, 0) is 78.8 Å². The summed E-state index contributed by atoms with van der Waals surface area (Å²) >= 11 is 0. The van der Waals surface area contributed by atoms with Crippen molar-refractivity contribution in [1.82, 2.24) is 20.0 Å². The lowest BCUT2D eigenvalue weighted by Gasteiger charge is -2.62. The van der Waals surface area contributed by atoms with Crippen LogP contribution in [0.2, 0.25) is 0 Å². The van der Waals surface area contributed by atoms with Crippen molar-refractivity contribution < 1.29 is 14.3 Å². The molecule has 0 spiro atoms. The Balaban J connectivity index is 0.989. The summed E-state index contributed by atoms with van der Waals surface area (Å²) in [6.45, 7) is 0. The van der Waals surface area contributed by atoms with Gasteiger partial charge < -0.3 is 15.0 Å². The van der Waals surface area contributed by atoms with Gasteiger partial charge in [0.05, 0.1) is 30.4 Å². The monoisotopic (exact) mass is 537 g/mol. The molecule has 204 valence electrons. The molecule has 4 bridgehead atoms. The minimum absolute atomic E-state index is 0.180. The SMILES string of the molecule is O=C(Nc1ccc2ccccc2c1)NN1C2CC3CC1CC(C(O)CC1c4c(F)cccc4-c4cncn41)(C3)C2. The van der Waals surface area contributed by atoms with Crippen molar-refractivity contribution in [2.45, 2.75) is 62.8 Å². The Morgan fingerprint density at radius 3 is 2.67 bits per heavy atom. The van der Waals surface area contributed by atoms with Crippen LogP contribution >= 0.6 is 0 Å². The molecule has 4 atom stereocenters. The Morgan fingerprint density at radius 2 is 1.85 bits per heavy atom. The quantitative estimate of drug-likeness (QED) is 0.298. The lowest BCUT2D eigenvalue weighted by molar-refractivity contribution is -0.166. The van der Waals surface area contributed by atoms with Crippen LogP contribution in [-0.4, -0.2) is 43.9 Å². The number of aliphatic hydroxyl groups is 1. The minimum atomic E-state index is -0.569. The number of nitrogens with one attached hydrogen (secondary N) is 2. The third kappa shape index (κ3) is 3.69. The average Bonchev–Trinajstić information content (AvgIpc) is 3.53. The number of imidazole rings is 1. The fraction of sp³-hybridized carbons (Fsp3) is 0.375. The number of nitrogens with zero attached hydrogens (tertiary/aromatic N) is 3. The van der Waals surface area contributed by atoms with Gasteiger partial charge in [0.25, 0.3) is 0 Å². The van der Waals surface area contributed by atoms with Crippen molar-refractivity contribution in [1.29, 1.82) is 0 Å². The predicted molar refractivity (Wildman–Crippen MR) is 151 cm³/mol. The number of piperidine rings is 2. The van der Waals surface area contributed by atoms with E-state index >= 15 is 4.39 Å². The zero-order chi connectivity index (χ0) is 27.0. The molecular formula is C32H32FN5O2. The van der Waals surface area contributed by atoms with Gasteiger partial charge in [0.1, 0.15) is 5.82 Å². The number of fused-ring (bicyclic) bond motifs is 4. The van der Waals surface area contributed by atoms with E-state index in [0.717, 1.165) is 59.8 Å². The maximum Gasteiger partial charge on any atom is 0.333 e. The fourth-order valence-corrected chi connectivity index (χ4v) is 8.51. The summed E-state index contributed by atoms with van der Waals surface area (Å²) in [6.07, 6.45) is 8.11. The first-order chi connectivity index (χ1) is 19.5. The molecular weight excluding hydrogens is 505 g/mol. The molecule has 4 aromatic rings. The molecule has 3 aromatic carbocycles. The Kier molecular flexibility index (Phi) is 5.34. The normalized spacial score (nSPS) is 28.9. The highest BCUT2D eigenvalue weighted by Gasteiger charge is 2.58. The highest BCUT2D eigenvalue weighted by Crippen LogP contribution is 2.58. The van der Waals surface area contributed by atoms with Gasteiger partial charge in [-0.2, -0.15) is 0 Å². The summed E-state index contributed by atoms with van der Waals surface area (Å²) < 4.78 is 17.0. The van der Waals surface area contributed by atoms with E-state index in [9.17, 15) is 9.90 Å². The molecule has 4 heterocycles. The lowest BCUT2D eigenvalue weighted by Crippen LogP contribution is -2.68. The minimum Gasteiger partial charge on any atom is -0.392 e. The number of halogens is 1. The highest BCUT2D eigenvalue weighted by molar-refractivity contribution is 5.93. The number of carbonyl (C=O) groups is 1. The molecule has 5 aliphatic rings. The van der Waals surface area contributed by atoms with E-state index in [4.69, 9.17) is 0 Å². The third-order valence-corrected chi connectivity index (χ3v) is 10.0. The number of hydrogen-bond donors (Lipinski definition) is 3. The van der Waals surface area contributed by atoms with E-state index in [1.807, 2.05) is 47.0 Å². The van der Waals surface area contributed by atoms with E-state index in [2.05, 4.69) is 26.8 Å². The Morgan fingerprint density at radius 1 is 1.05 bits per heavy atom. The molecule has 4 fully saturated rings. The van der Waals surface area contributed by atoms with Crippen LogP contribution in [0.4, 0.5) is 14.9 Å². The van der Waals surface area contributed by atoms with E-state index in [0.29, 0.717) is 17.9 Å². The number of hydrazine groups is 1. The second-order valence-electron chi connectivity index (χ2n) is 12.3. The number of urea groups is 1. The van der Waals surface area contributed by atoms with Gasteiger partial charge in [-0.15, -0.1) is 0 Å². The Labute approximate surface area is 232 Å². The van der Waals surface area contributed by atoms with E-state index < -0.39 is 6.10 Å². The molecule has 2 amide bonds. The Hall–Kier alpha value is -3.75. The van der Waals surface area contributed by atoms with E-state index in [1.54, 1.807) is 18.6 Å². The van der Waals surface area contributed by atoms with Crippen molar-refractivity contribution in [3.05, 3.63) is 84.6 Å². The third-order valence-electron chi connectivity index (χ3n) is 10.0. The predicted octanol–water partition coefficient (Wildman–Crippen LogP) is 5.87. The molecule has 1 aromatic heterocycles. The van der Waals surface area contributed by atoms with Gasteiger partial charge in [-0.25, -0.2) is 19.2 Å². The smallest absolute Gasteiger partial charge is 0.333 e. The summed E-state index contributed by atoms with van der Waals surface area (Å²) in [4.78, 5) is 17.4. The van der Waals surface area contributed by atoms with Crippen molar-refractivity contribution in [3.63, 3.8) is 0 Å². The largest absolute Gasteiger partial charge is 0.392 e. The molecule has 2 aliphatic carbocycles. The number of rotatable bonds is 5. The highest BCUT2D eigenvalue weighted by atomic mass is 19.1. The van der Waals surface area contributed by atoms with Crippen LogP contribution in [-0.2, 0) is 0 Å². The summed E-state index contributed by atoms with van der Waals surface area (Å²) in [7, 11) is 0. The number of carbonyl (C=O) groups excluding carboxylic acids is 1. The van der Waals surface area contributed by atoms with Crippen LogP contribution in [0, 0.1) is 17.2 Å². The topological polar surface area (TPSA) is 82.4 Å². The number of aromatic nitrogens is 2. The van der Waals surface area contributed by atoms with Gasteiger partial charge in [0.2, 0.25) is 0 Å². The standard InChI is InChI=1S/C32H32FN5O2/c33-26-7-3-6-25-28-17-34-18-37(28)27(30(25)26)13-29(39)32-14-19-10-23(15-32)38(24(11-19)16-32)36-31(40)35-22-9-8-20-4-1-2-5-21(20)12-22/h1-9,12,17-19,23-24,27,29,39H,10-11,13-16H2,(H2,35,36,40). The zero-order valence-electron chi connectivity index (χ0n) is 22.1. The molecule has 8 heteroatoms. The van der Waals surface area contributed by atoms with E-state index in [-0.39, 0.29) is 35.4 Å². The fourth-order valence-electron chi connectivity index (χ4n) is 8.51. The second-order valence-corrected chi connectivity index (χ2v) is 12.3. The molecule has 7 nitrogen and oxygen atoms in total.